The van der Waals surface area contributed by atoms with Crippen LogP contribution in [0.15, 0.2) is 0 Å². The highest BCUT2D eigenvalue weighted by Crippen LogP contribution is 2.03. The van der Waals surface area contributed by atoms with Gasteiger partial charge in [0.05, 0.1) is 19.6 Å². The van der Waals surface area contributed by atoms with Gasteiger partial charge in [0.15, 0.2) is 0 Å². The van der Waals surface area contributed by atoms with Crippen LogP contribution in [0.2, 0.25) is 0 Å². The minimum atomic E-state index is -0.352. The number of methoxy groups -OCH3 is 1. The molecule has 88 valence electrons. The van der Waals surface area contributed by atoms with Crippen molar-refractivity contribution >= 4 is 12.0 Å². The number of hydrogen-bond donors (Lipinski definition) is 1. The summed E-state index contributed by atoms with van der Waals surface area (Å²) < 4.78 is 4.59. The molecule has 1 atom stereocenters. The Kier molecular flexibility index (Phi) is 5.69. The number of hydrazine groups is 1. The third kappa shape index (κ3) is 4.16. The highest BCUT2D eigenvalue weighted by molar-refractivity contribution is 5.75. The zero-order chi connectivity index (χ0) is 12.0. The van der Waals surface area contributed by atoms with Gasteiger partial charge >= 0.3 is 12.0 Å². The van der Waals surface area contributed by atoms with Crippen LogP contribution in [0.4, 0.5) is 4.79 Å². The number of esters is 1. The minimum Gasteiger partial charge on any atom is -0.469 e. The topological polar surface area (TPSA) is 61.9 Å². The maximum atomic E-state index is 11.4. The number of urea groups is 1. The van der Waals surface area contributed by atoms with Crippen LogP contribution in [0.3, 0.4) is 0 Å². The predicted molar refractivity (Wildman–Crippen MR) is 56.0 cm³/mol. The van der Waals surface area contributed by atoms with Crippen LogP contribution >= 0.6 is 0 Å². The summed E-state index contributed by atoms with van der Waals surface area (Å²) in [7, 11) is 6.35. The van der Waals surface area contributed by atoms with Gasteiger partial charge in [0.25, 0.3) is 0 Å². The Labute approximate surface area is 90.1 Å². The van der Waals surface area contributed by atoms with E-state index in [4.69, 9.17) is 0 Å². The fourth-order valence-electron chi connectivity index (χ4n) is 1.09. The van der Waals surface area contributed by atoms with E-state index in [1.807, 2.05) is 0 Å². The average Bonchev–Trinajstić information content (AvgIpc) is 2.22. The van der Waals surface area contributed by atoms with Gasteiger partial charge in [-0.05, 0) is 0 Å². The summed E-state index contributed by atoms with van der Waals surface area (Å²) in [6, 6.07) is -0.254. The minimum absolute atomic E-state index is 0.254. The van der Waals surface area contributed by atoms with Gasteiger partial charge in [0, 0.05) is 21.1 Å². The lowest BCUT2D eigenvalue weighted by atomic mass is 10.2. The Hall–Kier alpha value is -1.30. The fourth-order valence-corrected chi connectivity index (χ4v) is 1.09. The Morgan fingerprint density at radius 3 is 2.27 bits per heavy atom. The van der Waals surface area contributed by atoms with Crippen LogP contribution in [0, 0.1) is 5.92 Å². The maximum absolute atomic E-state index is 11.4. The Bertz CT molecular complexity index is 231. The quantitative estimate of drug-likeness (QED) is 0.528. The van der Waals surface area contributed by atoms with Crippen LogP contribution in [0.25, 0.3) is 0 Å². The molecular formula is C9H19N3O3. The second-order valence-electron chi connectivity index (χ2n) is 3.41. The molecule has 0 aromatic carbocycles. The van der Waals surface area contributed by atoms with E-state index in [1.54, 1.807) is 33.1 Å². The smallest absolute Gasteiger partial charge is 0.331 e. The molecule has 0 fully saturated rings. The average molecular weight is 217 g/mol. The number of hydrogen-bond acceptors (Lipinski definition) is 4. The molecule has 0 aliphatic heterocycles. The van der Waals surface area contributed by atoms with Gasteiger partial charge in [-0.15, -0.1) is 0 Å². The van der Waals surface area contributed by atoms with Crippen LogP contribution in [0.1, 0.15) is 6.92 Å². The molecule has 0 heterocycles. The lowest BCUT2D eigenvalue weighted by molar-refractivity contribution is -0.146. The molecule has 2 amide bonds. The molecule has 1 N–H and O–H groups in total. The molecule has 0 aliphatic rings. The zero-order valence-corrected chi connectivity index (χ0v) is 9.90. The standard InChI is InChI=1S/C9H19N3O3/c1-7(8(13)15-5)6-12(11(3)4)9(14)10-2/h7H,6H2,1-5H3,(H,10,14). The van der Waals surface area contributed by atoms with E-state index in [0.717, 1.165) is 0 Å². The molecular weight excluding hydrogens is 198 g/mol. The summed E-state index contributed by atoms with van der Waals surface area (Å²) in [5.41, 5.74) is 0. The van der Waals surface area contributed by atoms with E-state index in [-0.39, 0.29) is 17.9 Å². The van der Waals surface area contributed by atoms with Crippen molar-refractivity contribution in [3.8, 4) is 0 Å². The molecule has 15 heavy (non-hydrogen) atoms. The third-order valence-electron chi connectivity index (χ3n) is 1.98. The van der Waals surface area contributed by atoms with Crippen molar-refractivity contribution in [3.63, 3.8) is 0 Å². The van der Waals surface area contributed by atoms with Crippen molar-refractivity contribution < 1.29 is 14.3 Å². The van der Waals surface area contributed by atoms with Gasteiger partial charge < -0.3 is 10.1 Å². The summed E-state index contributed by atoms with van der Waals surface area (Å²) in [6.45, 7) is 2.00. The molecule has 0 saturated heterocycles. The van der Waals surface area contributed by atoms with E-state index in [0.29, 0.717) is 6.54 Å². The molecule has 0 spiro atoms. The van der Waals surface area contributed by atoms with Crippen molar-refractivity contribution in [2.75, 3.05) is 34.8 Å². The molecule has 0 rings (SSSR count). The first-order valence-electron chi connectivity index (χ1n) is 4.68. The van der Waals surface area contributed by atoms with Crippen LogP contribution in [-0.2, 0) is 9.53 Å². The maximum Gasteiger partial charge on any atom is 0.331 e. The second-order valence-corrected chi connectivity index (χ2v) is 3.41. The van der Waals surface area contributed by atoms with Crippen molar-refractivity contribution in [1.82, 2.24) is 15.3 Å². The first-order valence-corrected chi connectivity index (χ1v) is 4.68. The molecule has 0 bridgehead atoms. The first kappa shape index (κ1) is 13.7. The van der Waals surface area contributed by atoms with Crippen molar-refractivity contribution in [2.45, 2.75) is 6.92 Å². The summed E-state index contributed by atoms with van der Waals surface area (Å²) in [5, 5.41) is 5.56. The van der Waals surface area contributed by atoms with E-state index in [9.17, 15) is 9.59 Å². The SMILES string of the molecule is CNC(=O)N(CC(C)C(=O)OC)N(C)C. The highest BCUT2D eigenvalue weighted by atomic mass is 16.5. The van der Waals surface area contributed by atoms with E-state index in [1.165, 1.54) is 12.1 Å². The molecule has 6 nitrogen and oxygen atoms in total. The van der Waals surface area contributed by atoms with Crippen LogP contribution in [-0.4, -0.2) is 56.8 Å². The van der Waals surface area contributed by atoms with E-state index < -0.39 is 0 Å². The molecule has 1 unspecified atom stereocenters. The van der Waals surface area contributed by atoms with Crippen LogP contribution < -0.4 is 5.32 Å². The molecule has 0 aliphatic carbocycles. The van der Waals surface area contributed by atoms with E-state index in [2.05, 4.69) is 10.1 Å². The molecule has 0 aromatic heterocycles. The fraction of sp³-hybridized carbons (Fsp3) is 0.778. The molecule has 0 aromatic rings. The normalized spacial score (nSPS) is 12.1. The largest absolute Gasteiger partial charge is 0.469 e. The van der Waals surface area contributed by atoms with Gasteiger partial charge in [-0.1, -0.05) is 6.92 Å². The first-order chi connectivity index (χ1) is 6.93. The number of ether oxygens (including phenoxy) is 1. The van der Waals surface area contributed by atoms with Gasteiger partial charge in [0.2, 0.25) is 0 Å². The molecule has 0 saturated carbocycles. The number of carbonyl (C=O) groups is 2. The summed E-state index contributed by atoms with van der Waals surface area (Å²) in [4.78, 5) is 22.6. The second kappa shape index (κ2) is 6.23. The third-order valence-corrected chi connectivity index (χ3v) is 1.98. The van der Waals surface area contributed by atoms with Gasteiger partial charge in [-0.2, -0.15) is 0 Å². The Balaban J connectivity index is 4.41. The number of rotatable bonds is 4. The van der Waals surface area contributed by atoms with Crippen molar-refractivity contribution in [3.05, 3.63) is 0 Å². The lowest BCUT2D eigenvalue weighted by Gasteiger charge is -2.29. The zero-order valence-electron chi connectivity index (χ0n) is 9.90. The summed E-state index contributed by atoms with van der Waals surface area (Å²) >= 11 is 0. The predicted octanol–water partition coefficient (Wildman–Crippen LogP) is -0.0865. The number of carbonyl (C=O) groups excluding carboxylic acids is 2. The lowest BCUT2D eigenvalue weighted by Crippen LogP contribution is -2.49. The Morgan fingerprint density at radius 1 is 1.40 bits per heavy atom. The molecule has 6 heteroatoms. The van der Waals surface area contributed by atoms with Gasteiger partial charge in [-0.3, -0.25) is 9.80 Å². The van der Waals surface area contributed by atoms with Crippen LogP contribution in [0.5, 0.6) is 0 Å². The highest BCUT2D eigenvalue weighted by Gasteiger charge is 2.22. The monoisotopic (exact) mass is 217 g/mol. The Morgan fingerprint density at radius 2 is 1.93 bits per heavy atom. The van der Waals surface area contributed by atoms with Crippen molar-refractivity contribution in [2.24, 2.45) is 5.92 Å². The van der Waals surface area contributed by atoms with Crippen molar-refractivity contribution in [1.29, 1.82) is 0 Å². The number of nitrogens with zero attached hydrogens (tertiary/aromatic N) is 2. The number of nitrogens with one attached hydrogen (secondary N) is 1. The molecule has 0 radical (unpaired) electrons. The van der Waals surface area contributed by atoms with Gasteiger partial charge in [-0.25, -0.2) is 9.80 Å². The number of amides is 2. The summed E-state index contributed by atoms with van der Waals surface area (Å²) in [6.07, 6.45) is 0. The van der Waals surface area contributed by atoms with E-state index >= 15 is 0 Å². The van der Waals surface area contributed by atoms with Gasteiger partial charge in [0.1, 0.15) is 0 Å². The summed E-state index contributed by atoms with van der Waals surface area (Å²) in [5.74, 6) is -0.680.